The third kappa shape index (κ3) is 2.98. The number of benzene rings is 1. The van der Waals surface area contributed by atoms with Gasteiger partial charge in [0.15, 0.2) is 5.16 Å². The monoisotopic (exact) mass is 316 g/mol. The fourth-order valence-electron chi connectivity index (χ4n) is 1.84. The van der Waals surface area contributed by atoms with Crippen molar-refractivity contribution in [3.8, 4) is 0 Å². The van der Waals surface area contributed by atoms with Crippen LogP contribution in [0.15, 0.2) is 40.9 Å². The molecular weight excluding hydrogens is 304 g/mol. The third-order valence-electron chi connectivity index (χ3n) is 2.94. The fourth-order valence-corrected chi connectivity index (χ4v) is 3.47. The zero-order chi connectivity index (χ0) is 14.8. The Morgan fingerprint density at radius 2 is 1.95 bits per heavy atom. The second-order valence-corrected chi connectivity index (χ2v) is 6.22. The van der Waals surface area contributed by atoms with E-state index in [1.54, 1.807) is 23.5 Å². The lowest BCUT2D eigenvalue weighted by atomic mass is 10.1. The Morgan fingerprint density at radius 3 is 2.67 bits per heavy atom. The number of primary amides is 1. The Kier molecular flexibility index (Phi) is 3.76. The Labute approximate surface area is 129 Å². The van der Waals surface area contributed by atoms with Crippen LogP contribution in [0.25, 0.3) is 10.2 Å². The number of hydrogen-bond acceptors (Lipinski definition) is 6. The van der Waals surface area contributed by atoms with Crippen molar-refractivity contribution in [1.29, 1.82) is 0 Å². The molecule has 4 N–H and O–H groups in total. The number of carbonyl (C=O) groups is 1. The topological polar surface area (TPSA) is 94.9 Å². The first-order chi connectivity index (χ1) is 10.1. The number of nitrogens with zero attached hydrogens (tertiary/aromatic N) is 2. The summed E-state index contributed by atoms with van der Waals surface area (Å²) in [4.78, 5) is 20.7. The Bertz CT molecular complexity index is 798. The normalized spacial score (nSPS) is 10.9. The van der Waals surface area contributed by atoms with Crippen LogP contribution in [-0.2, 0) is 5.75 Å². The number of nitrogens with two attached hydrogens (primary N) is 2. The second-order valence-electron chi connectivity index (χ2n) is 4.38. The first-order valence-electron chi connectivity index (χ1n) is 6.16. The van der Waals surface area contributed by atoms with E-state index in [-0.39, 0.29) is 0 Å². The van der Waals surface area contributed by atoms with Crippen LogP contribution < -0.4 is 11.5 Å². The lowest BCUT2D eigenvalue weighted by Gasteiger charge is -2.03. The molecule has 7 heteroatoms. The zero-order valence-electron chi connectivity index (χ0n) is 10.9. The predicted molar refractivity (Wildman–Crippen MR) is 86.3 cm³/mol. The van der Waals surface area contributed by atoms with Gasteiger partial charge in [-0.15, -0.1) is 11.3 Å². The smallest absolute Gasteiger partial charge is 0.248 e. The van der Waals surface area contributed by atoms with E-state index < -0.39 is 5.91 Å². The molecule has 0 spiro atoms. The van der Waals surface area contributed by atoms with Crippen molar-refractivity contribution in [3.63, 3.8) is 0 Å². The molecule has 0 radical (unpaired) electrons. The van der Waals surface area contributed by atoms with Gasteiger partial charge < -0.3 is 11.5 Å². The standard InChI is InChI=1S/C14H12N4OS2/c15-11-10-5-6-20-13(10)18-14(17-11)21-7-8-1-3-9(4-2-8)12(16)19/h1-6H,7H2,(H2,16,19)(H2,15,17,18). The summed E-state index contributed by atoms with van der Waals surface area (Å²) in [7, 11) is 0. The van der Waals surface area contributed by atoms with Gasteiger partial charge in [-0.2, -0.15) is 0 Å². The SMILES string of the molecule is NC(=O)c1ccc(CSc2nc(N)c3ccsc3n2)cc1. The lowest BCUT2D eigenvalue weighted by Crippen LogP contribution is -2.10. The van der Waals surface area contributed by atoms with E-state index in [9.17, 15) is 4.79 Å². The zero-order valence-corrected chi connectivity index (χ0v) is 12.6. The van der Waals surface area contributed by atoms with E-state index in [2.05, 4.69) is 9.97 Å². The minimum atomic E-state index is -0.423. The molecule has 0 unspecified atom stereocenters. The summed E-state index contributed by atoms with van der Waals surface area (Å²) in [6.07, 6.45) is 0. The van der Waals surface area contributed by atoms with Gasteiger partial charge in [-0.25, -0.2) is 9.97 Å². The van der Waals surface area contributed by atoms with Crippen molar-refractivity contribution in [3.05, 3.63) is 46.8 Å². The second kappa shape index (κ2) is 5.71. The van der Waals surface area contributed by atoms with Crippen LogP contribution in [0.2, 0.25) is 0 Å². The number of thiophene rings is 1. The number of amides is 1. The summed E-state index contributed by atoms with van der Waals surface area (Å²) in [5.74, 6) is 0.788. The summed E-state index contributed by atoms with van der Waals surface area (Å²) < 4.78 is 0. The van der Waals surface area contributed by atoms with Crippen molar-refractivity contribution in [2.24, 2.45) is 5.73 Å². The molecule has 1 aromatic carbocycles. The number of fused-ring (bicyclic) bond motifs is 1. The van der Waals surface area contributed by atoms with Gasteiger partial charge in [-0.1, -0.05) is 23.9 Å². The van der Waals surface area contributed by atoms with Crippen LogP contribution in [0.4, 0.5) is 5.82 Å². The van der Waals surface area contributed by atoms with Crippen LogP contribution in [0.5, 0.6) is 0 Å². The van der Waals surface area contributed by atoms with E-state index >= 15 is 0 Å². The lowest BCUT2D eigenvalue weighted by molar-refractivity contribution is 0.100. The van der Waals surface area contributed by atoms with E-state index in [1.807, 2.05) is 23.6 Å². The first-order valence-corrected chi connectivity index (χ1v) is 8.02. The number of anilines is 1. The van der Waals surface area contributed by atoms with Crippen LogP contribution in [0, 0.1) is 0 Å². The molecule has 0 aliphatic carbocycles. The Balaban J connectivity index is 1.75. The molecule has 0 atom stereocenters. The molecule has 5 nitrogen and oxygen atoms in total. The maximum Gasteiger partial charge on any atom is 0.248 e. The van der Waals surface area contributed by atoms with Crippen molar-refractivity contribution in [2.45, 2.75) is 10.9 Å². The van der Waals surface area contributed by atoms with Crippen LogP contribution in [0.1, 0.15) is 15.9 Å². The predicted octanol–water partition coefficient (Wildman–Crippen LogP) is 2.66. The van der Waals surface area contributed by atoms with Gasteiger partial charge in [0.25, 0.3) is 0 Å². The van der Waals surface area contributed by atoms with Gasteiger partial charge >= 0.3 is 0 Å². The van der Waals surface area contributed by atoms with Gasteiger partial charge in [-0.05, 0) is 29.1 Å². The Hall–Kier alpha value is -2.12. The third-order valence-corrected chi connectivity index (χ3v) is 4.67. The number of hydrogen-bond donors (Lipinski definition) is 2. The highest BCUT2D eigenvalue weighted by Gasteiger charge is 2.07. The number of thioether (sulfide) groups is 1. The van der Waals surface area contributed by atoms with E-state index in [1.165, 1.54) is 11.8 Å². The molecule has 2 heterocycles. The number of carbonyl (C=O) groups excluding carboxylic acids is 1. The number of rotatable bonds is 4. The minimum absolute atomic E-state index is 0.423. The molecular formula is C14H12N4OS2. The summed E-state index contributed by atoms with van der Waals surface area (Å²) in [6.45, 7) is 0. The highest BCUT2D eigenvalue weighted by atomic mass is 32.2. The quantitative estimate of drug-likeness (QED) is 0.570. The van der Waals surface area contributed by atoms with Gasteiger partial charge in [0.05, 0.1) is 5.39 Å². The molecule has 0 fully saturated rings. The summed E-state index contributed by atoms with van der Waals surface area (Å²) >= 11 is 3.06. The molecule has 21 heavy (non-hydrogen) atoms. The van der Waals surface area contributed by atoms with E-state index in [0.29, 0.717) is 22.3 Å². The number of nitrogen functional groups attached to an aromatic ring is 1. The van der Waals surface area contributed by atoms with Gasteiger partial charge in [-0.3, -0.25) is 4.79 Å². The molecule has 0 saturated carbocycles. The van der Waals surface area contributed by atoms with Gasteiger partial charge in [0.2, 0.25) is 5.91 Å². The van der Waals surface area contributed by atoms with Crippen LogP contribution >= 0.6 is 23.1 Å². The molecule has 3 rings (SSSR count). The molecule has 0 bridgehead atoms. The maximum atomic E-state index is 11.0. The summed E-state index contributed by atoms with van der Waals surface area (Å²) in [6, 6.07) is 9.11. The molecule has 106 valence electrons. The number of aromatic nitrogens is 2. The van der Waals surface area contributed by atoms with Gasteiger partial charge in [0, 0.05) is 11.3 Å². The van der Waals surface area contributed by atoms with Crippen molar-refractivity contribution >= 4 is 45.0 Å². The average molecular weight is 316 g/mol. The largest absolute Gasteiger partial charge is 0.383 e. The maximum absolute atomic E-state index is 11.0. The highest BCUT2D eigenvalue weighted by molar-refractivity contribution is 7.98. The van der Waals surface area contributed by atoms with Crippen LogP contribution in [-0.4, -0.2) is 15.9 Å². The van der Waals surface area contributed by atoms with Crippen LogP contribution in [0.3, 0.4) is 0 Å². The fraction of sp³-hybridized carbons (Fsp3) is 0.0714. The highest BCUT2D eigenvalue weighted by Crippen LogP contribution is 2.27. The summed E-state index contributed by atoms with van der Waals surface area (Å²) in [5.41, 5.74) is 12.7. The molecule has 0 saturated heterocycles. The average Bonchev–Trinajstić information content (AvgIpc) is 2.94. The summed E-state index contributed by atoms with van der Waals surface area (Å²) in [5, 5.41) is 3.50. The molecule has 2 aromatic heterocycles. The van der Waals surface area contributed by atoms with E-state index in [0.717, 1.165) is 15.8 Å². The van der Waals surface area contributed by atoms with Crippen molar-refractivity contribution < 1.29 is 4.79 Å². The Morgan fingerprint density at radius 1 is 1.19 bits per heavy atom. The van der Waals surface area contributed by atoms with E-state index in [4.69, 9.17) is 11.5 Å². The van der Waals surface area contributed by atoms with Crippen molar-refractivity contribution in [1.82, 2.24) is 9.97 Å². The van der Waals surface area contributed by atoms with Gasteiger partial charge in [0.1, 0.15) is 10.6 Å². The minimum Gasteiger partial charge on any atom is -0.383 e. The molecule has 3 aromatic rings. The molecule has 1 amide bonds. The first kappa shape index (κ1) is 13.8. The van der Waals surface area contributed by atoms with Crippen molar-refractivity contribution in [2.75, 3.05) is 5.73 Å². The molecule has 0 aliphatic rings. The molecule has 0 aliphatic heterocycles.